The predicted octanol–water partition coefficient (Wildman–Crippen LogP) is 2.36. The van der Waals surface area contributed by atoms with Crippen LogP contribution in [-0.2, 0) is 14.8 Å². The molecule has 0 radical (unpaired) electrons. The van der Waals surface area contributed by atoms with Crippen LogP contribution in [-0.4, -0.2) is 51.5 Å². The van der Waals surface area contributed by atoms with Crippen molar-refractivity contribution >= 4 is 21.6 Å². The lowest BCUT2D eigenvalue weighted by Crippen LogP contribution is -2.46. The fraction of sp³-hybridized carbons (Fsp3) is 0.316. The molecule has 1 amide bonds. The van der Waals surface area contributed by atoms with Gasteiger partial charge in [-0.25, -0.2) is 8.42 Å². The minimum absolute atomic E-state index is 0.161. The van der Waals surface area contributed by atoms with Crippen molar-refractivity contribution in [2.75, 3.05) is 32.2 Å². The molecule has 8 heteroatoms. The normalized spacial score (nSPS) is 18.1. The number of ether oxygens (including phenoxy) is 2. The molecular formula is C19H22N2O5S. The van der Waals surface area contributed by atoms with Gasteiger partial charge in [-0.1, -0.05) is 6.07 Å². The van der Waals surface area contributed by atoms with Crippen molar-refractivity contribution in [3.05, 3.63) is 54.1 Å². The van der Waals surface area contributed by atoms with Crippen LogP contribution < -0.4 is 10.1 Å². The average molecular weight is 390 g/mol. The van der Waals surface area contributed by atoms with Gasteiger partial charge in [0.2, 0.25) is 10.0 Å². The Hall–Kier alpha value is -2.42. The Kier molecular flexibility index (Phi) is 5.79. The minimum atomic E-state index is -3.62. The summed E-state index contributed by atoms with van der Waals surface area (Å²) in [6.45, 7) is 2.89. The first-order chi connectivity index (χ1) is 12.9. The van der Waals surface area contributed by atoms with Crippen molar-refractivity contribution in [2.24, 2.45) is 0 Å². The zero-order valence-electron chi connectivity index (χ0n) is 15.2. The van der Waals surface area contributed by atoms with E-state index in [4.69, 9.17) is 9.47 Å². The summed E-state index contributed by atoms with van der Waals surface area (Å²) in [5.74, 6) is 0.306. The number of benzene rings is 2. The summed E-state index contributed by atoms with van der Waals surface area (Å²) in [6, 6.07) is 12.7. The van der Waals surface area contributed by atoms with E-state index in [0.717, 1.165) is 0 Å². The topological polar surface area (TPSA) is 84.9 Å². The van der Waals surface area contributed by atoms with Crippen molar-refractivity contribution in [3.63, 3.8) is 0 Å². The van der Waals surface area contributed by atoms with Gasteiger partial charge >= 0.3 is 0 Å². The molecule has 1 fully saturated rings. The quantitative estimate of drug-likeness (QED) is 0.847. The first-order valence-corrected chi connectivity index (χ1v) is 10.0. The zero-order chi connectivity index (χ0) is 19.4. The Balaban J connectivity index is 1.75. The molecule has 0 aliphatic carbocycles. The third-order valence-corrected chi connectivity index (χ3v) is 6.39. The molecule has 7 nitrogen and oxygen atoms in total. The third-order valence-electron chi connectivity index (χ3n) is 4.36. The van der Waals surface area contributed by atoms with E-state index in [2.05, 4.69) is 5.32 Å². The maximum Gasteiger partial charge on any atom is 0.255 e. The van der Waals surface area contributed by atoms with Crippen LogP contribution in [0.4, 0.5) is 5.69 Å². The number of hydrogen-bond donors (Lipinski definition) is 1. The third kappa shape index (κ3) is 4.29. The minimum Gasteiger partial charge on any atom is -0.497 e. The van der Waals surface area contributed by atoms with Crippen molar-refractivity contribution in [1.82, 2.24) is 4.31 Å². The zero-order valence-corrected chi connectivity index (χ0v) is 16.0. The summed E-state index contributed by atoms with van der Waals surface area (Å²) in [6.07, 6.45) is 0. The summed E-state index contributed by atoms with van der Waals surface area (Å²) in [5, 5.41) is 2.77. The van der Waals surface area contributed by atoms with Crippen LogP contribution >= 0.6 is 0 Å². The molecule has 1 aliphatic heterocycles. The van der Waals surface area contributed by atoms with Gasteiger partial charge in [-0.3, -0.25) is 4.79 Å². The largest absolute Gasteiger partial charge is 0.497 e. The van der Waals surface area contributed by atoms with Gasteiger partial charge in [-0.05, 0) is 43.3 Å². The molecule has 0 spiro atoms. The molecule has 1 N–H and O–H groups in total. The summed E-state index contributed by atoms with van der Waals surface area (Å²) >= 11 is 0. The molecule has 1 heterocycles. The van der Waals surface area contributed by atoms with Gasteiger partial charge in [0.05, 0.1) is 25.2 Å². The second-order valence-corrected chi connectivity index (χ2v) is 8.14. The Morgan fingerprint density at radius 3 is 2.63 bits per heavy atom. The van der Waals surface area contributed by atoms with E-state index in [1.165, 1.54) is 28.6 Å². The summed E-state index contributed by atoms with van der Waals surface area (Å²) in [4.78, 5) is 12.6. The molecule has 144 valence electrons. The second-order valence-electron chi connectivity index (χ2n) is 6.25. The summed E-state index contributed by atoms with van der Waals surface area (Å²) < 4.78 is 37.5. The van der Waals surface area contributed by atoms with Crippen molar-refractivity contribution < 1.29 is 22.7 Å². The van der Waals surface area contributed by atoms with Crippen LogP contribution in [0.15, 0.2) is 53.4 Å². The number of hydrogen-bond acceptors (Lipinski definition) is 5. The highest BCUT2D eigenvalue weighted by Crippen LogP contribution is 2.22. The number of morpholine rings is 1. The van der Waals surface area contributed by atoms with Crippen LogP contribution in [0.5, 0.6) is 5.75 Å². The van der Waals surface area contributed by atoms with Crippen molar-refractivity contribution in [2.45, 2.75) is 17.9 Å². The van der Waals surface area contributed by atoms with E-state index >= 15 is 0 Å². The van der Waals surface area contributed by atoms with Crippen molar-refractivity contribution in [3.8, 4) is 5.75 Å². The maximum absolute atomic E-state index is 12.8. The monoisotopic (exact) mass is 390 g/mol. The lowest BCUT2D eigenvalue weighted by Gasteiger charge is -2.32. The molecule has 27 heavy (non-hydrogen) atoms. The summed E-state index contributed by atoms with van der Waals surface area (Å²) in [5.41, 5.74) is 0.963. The lowest BCUT2D eigenvalue weighted by molar-refractivity contribution is 0.0393. The second kappa shape index (κ2) is 8.08. The van der Waals surface area contributed by atoms with Crippen molar-refractivity contribution in [1.29, 1.82) is 0 Å². The van der Waals surface area contributed by atoms with Gasteiger partial charge in [0, 0.05) is 29.9 Å². The molecule has 1 atom stereocenters. The lowest BCUT2D eigenvalue weighted by atomic mass is 10.2. The van der Waals surface area contributed by atoms with Gasteiger partial charge < -0.3 is 14.8 Å². The van der Waals surface area contributed by atoms with Crippen LogP contribution in [0.1, 0.15) is 17.3 Å². The molecule has 0 aromatic heterocycles. The Morgan fingerprint density at radius 2 is 1.96 bits per heavy atom. The van der Waals surface area contributed by atoms with E-state index in [1.807, 2.05) is 6.92 Å². The Bertz CT molecular complexity index is 912. The van der Waals surface area contributed by atoms with Gasteiger partial charge in [0.1, 0.15) is 5.75 Å². The average Bonchev–Trinajstić information content (AvgIpc) is 2.68. The number of rotatable bonds is 5. The number of anilines is 1. The van der Waals surface area contributed by atoms with Gasteiger partial charge in [0.25, 0.3) is 5.91 Å². The molecule has 1 unspecified atom stereocenters. The number of nitrogens with one attached hydrogen (secondary N) is 1. The number of sulfonamides is 1. The molecule has 0 saturated carbocycles. The molecule has 2 aromatic carbocycles. The highest BCUT2D eigenvalue weighted by atomic mass is 32.2. The number of methoxy groups -OCH3 is 1. The molecule has 0 bridgehead atoms. The highest BCUT2D eigenvalue weighted by Gasteiger charge is 2.31. The van der Waals surface area contributed by atoms with Crippen LogP contribution in [0.3, 0.4) is 0 Å². The van der Waals surface area contributed by atoms with Gasteiger partial charge in [-0.15, -0.1) is 0 Å². The first kappa shape index (κ1) is 19.3. The fourth-order valence-electron chi connectivity index (χ4n) is 2.89. The van der Waals surface area contributed by atoms with E-state index in [0.29, 0.717) is 36.8 Å². The predicted molar refractivity (Wildman–Crippen MR) is 102 cm³/mol. The van der Waals surface area contributed by atoms with E-state index in [1.54, 1.807) is 31.4 Å². The van der Waals surface area contributed by atoms with E-state index in [-0.39, 0.29) is 16.8 Å². The van der Waals surface area contributed by atoms with Gasteiger partial charge in [0.15, 0.2) is 0 Å². The Morgan fingerprint density at radius 1 is 1.22 bits per heavy atom. The molecule has 1 aliphatic rings. The molecule has 3 rings (SSSR count). The molecule has 2 aromatic rings. The Labute approximate surface area is 158 Å². The van der Waals surface area contributed by atoms with E-state index in [9.17, 15) is 13.2 Å². The van der Waals surface area contributed by atoms with Crippen LogP contribution in [0, 0.1) is 0 Å². The maximum atomic E-state index is 12.8. The van der Waals surface area contributed by atoms with Crippen LogP contribution in [0.25, 0.3) is 0 Å². The highest BCUT2D eigenvalue weighted by molar-refractivity contribution is 7.89. The smallest absolute Gasteiger partial charge is 0.255 e. The first-order valence-electron chi connectivity index (χ1n) is 8.57. The fourth-order valence-corrected chi connectivity index (χ4v) is 4.49. The number of carbonyl (C=O) groups excluding carboxylic acids is 1. The molecular weight excluding hydrogens is 368 g/mol. The number of amides is 1. The SMILES string of the molecule is COc1cccc(NC(=O)c2ccc(S(=O)(=O)N3CCOCC3C)cc2)c1. The van der Waals surface area contributed by atoms with Gasteiger partial charge in [-0.2, -0.15) is 4.31 Å². The van der Waals surface area contributed by atoms with E-state index < -0.39 is 10.0 Å². The van der Waals surface area contributed by atoms with Crippen LogP contribution in [0.2, 0.25) is 0 Å². The standard InChI is InChI=1S/C19H22N2O5S/c1-14-13-26-11-10-21(14)27(23,24)18-8-6-15(7-9-18)19(22)20-16-4-3-5-17(12-16)25-2/h3-9,12,14H,10-11,13H2,1-2H3,(H,20,22). The number of carbonyl (C=O) groups is 1. The summed E-state index contributed by atoms with van der Waals surface area (Å²) in [7, 11) is -2.07. The molecule has 1 saturated heterocycles. The number of nitrogens with zero attached hydrogens (tertiary/aromatic N) is 1.